The van der Waals surface area contributed by atoms with E-state index in [0.717, 1.165) is 61.2 Å². The second-order valence-corrected chi connectivity index (χ2v) is 8.08. The van der Waals surface area contributed by atoms with Gasteiger partial charge in [-0.1, -0.05) is 6.07 Å². The maximum absolute atomic E-state index is 12.8. The molecule has 2 aliphatic rings. The SMILES string of the molecule is Cc1nc2ncnn2c(C)c1CCC(=O)N1CCN(Cc2ccc3c(c2)OCO3)CC1. The highest BCUT2D eigenvalue weighted by Gasteiger charge is 2.22. The molecule has 1 amide bonds. The van der Waals surface area contributed by atoms with E-state index >= 15 is 0 Å². The summed E-state index contributed by atoms with van der Waals surface area (Å²) in [6.07, 6.45) is 2.65. The minimum absolute atomic E-state index is 0.195. The zero-order valence-electron chi connectivity index (χ0n) is 17.9. The van der Waals surface area contributed by atoms with E-state index in [0.29, 0.717) is 25.4 Å². The molecule has 0 unspecified atom stereocenters. The Morgan fingerprint density at radius 3 is 2.74 bits per heavy atom. The molecule has 2 aliphatic heterocycles. The van der Waals surface area contributed by atoms with Crippen molar-refractivity contribution in [3.63, 3.8) is 0 Å². The quantitative estimate of drug-likeness (QED) is 0.619. The van der Waals surface area contributed by atoms with Crippen LogP contribution in [0, 0.1) is 13.8 Å². The summed E-state index contributed by atoms with van der Waals surface area (Å²) in [5, 5.41) is 4.23. The first-order valence-corrected chi connectivity index (χ1v) is 10.6. The van der Waals surface area contributed by atoms with Crippen LogP contribution in [-0.4, -0.2) is 68.3 Å². The smallest absolute Gasteiger partial charge is 0.252 e. The molecule has 0 N–H and O–H groups in total. The standard InChI is InChI=1S/C22H26N6O3/c1-15-18(16(2)28-22(25-15)23-13-24-28)4-6-21(29)27-9-7-26(8-10-27)12-17-3-5-19-20(11-17)31-14-30-19/h3,5,11,13H,4,6-10,12,14H2,1-2H3. The third kappa shape index (κ3) is 3.93. The van der Waals surface area contributed by atoms with Crippen LogP contribution in [0.5, 0.6) is 11.5 Å². The zero-order valence-corrected chi connectivity index (χ0v) is 17.9. The van der Waals surface area contributed by atoms with Crippen molar-refractivity contribution < 1.29 is 14.3 Å². The van der Waals surface area contributed by atoms with E-state index in [2.05, 4.69) is 26.0 Å². The maximum Gasteiger partial charge on any atom is 0.252 e. The van der Waals surface area contributed by atoms with E-state index in [1.165, 1.54) is 11.9 Å². The van der Waals surface area contributed by atoms with Gasteiger partial charge in [0.05, 0.1) is 0 Å². The van der Waals surface area contributed by atoms with Crippen LogP contribution in [0.15, 0.2) is 24.5 Å². The second kappa shape index (κ2) is 8.14. The molecular weight excluding hydrogens is 396 g/mol. The van der Waals surface area contributed by atoms with Gasteiger partial charge in [-0.05, 0) is 43.5 Å². The monoisotopic (exact) mass is 422 g/mol. The number of carbonyl (C=O) groups is 1. The summed E-state index contributed by atoms with van der Waals surface area (Å²) in [5.41, 5.74) is 4.19. The minimum atomic E-state index is 0.195. The van der Waals surface area contributed by atoms with Crippen molar-refractivity contribution in [2.75, 3.05) is 33.0 Å². The highest BCUT2D eigenvalue weighted by Crippen LogP contribution is 2.32. The number of benzene rings is 1. The predicted molar refractivity (Wildman–Crippen MR) is 113 cm³/mol. The lowest BCUT2D eigenvalue weighted by Crippen LogP contribution is -2.48. The van der Waals surface area contributed by atoms with Crippen LogP contribution < -0.4 is 9.47 Å². The van der Waals surface area contributed by atoms with Crippen LogP contribution in [0.4, 0.5) is 0 Å². The van der Waals surface area contributed by atoms with Crippen LogP contribution in [-0.2, 0) is 17.8 Å². The lowest BCUT2D eigenvalue weighted by atomic mass is 10.1. The van der Waals surface area contributed by atoms with Crippen LogP contribution in [0.2, 0.25) is 0 Å². The third-order valence-electron chi connectivity index (χ3n) is 6.15. The van der Waals surface area contributed by atoms with Crippen molar-refractivity contribution in [3.05, 3.63) is 47.0 Å². The number of nitrogens with zero attached hydrogens (tertiary/aromatic N) is 6. The molecule has 31 heavy (non-hydrogen) atoms. The molecular formula is C22H26N6O3. The van der Waals surface area contributed by atoms with E-state index in [1.807, 2.05) is 30.9 Å². The van der Waals surface area contributed by atoms with Crippen molar-refractivity contribution in [2.24, 2.45) is 0 Å². The highest BCUT2D eigenvalue weighted by molar-refractivity contribution is 5.76. The summed E-state index contributed by atoms with van der Waals surface area (Å²) in [6, 6.07) is 6.09. The molecule has 2 aromatic heterocycles. The van der Waals surface area contributed by atoms with Crippen molar-refractivity contribution in [1.82, 2.24) is 29.4 Å². The molecule has 3 aromatic rings. The first-order valence-electron chi connectivity index (χ1n) is 10.6. The molecule has 9 nitrogen and oxygen atoms in total. The molecule has 0 aliphatic carbocycles. The number of piperazine rings is 1. The molecule has 1 saturated heterocycles. The Morgan fingerprint density at radius 2 is 1.90 bits per heavy atom. The zero-order chi connectivity index (χ0) is 21.4. The minimum Gasteiger partial charge on any atom is -0.454 e. The number of hydrogen-bond donors (Lipinski definition) is 0. The fourth-order valence-corrected chi connectivity index (χ4v) is 4.36. The Balaban J connectivity index is 1.14. The van der Waals surface area contributed by atoms with Gasteiger partial charge in [0.15, 0.2) is 11.5 Å². The molecule has 9 heteroatoms. The Morgan fingerprint density at radius 1 is 1.10 bits per heavy atom. The van der Waals surface area contributed by atoms with Crippen LogP contribution >= 0.6 is 0 Å². The van der Waals surface area contributed by atoms with Gasteiger partial charge in [0.1, 0.15) is 6.33 Å². The number of rotatable bonds is 5. The number of aromatic nitrogens is 4. The molecule has 5 rings (SSSR count). The topological polar surface area (TPSA) is 85.1 Å². The lowest BCUT2D eigenvalue weighted by Gasteiger charge is -2.35. The molecule has 162 valence electrons. The number of fused-ring (bicyclic) bond motifs is 2. The molecule has 0 saturated carbocycles. The van der Waals surface area contributed by atoms with Crippen LogP contribution in [0.25, 0.3) is 5.78 Å². The van der Waals surface area contributed by atoms with Crippen LogP contribution in [0.3, 0.4) is 0 Å². The summed E-state index contributed by atoms with van der Waals surface area (Å²) in [7, 11) is 0. The van der Waals surface area contributed by atoms with Crippen LogP contribution in [0.1, 0.15) is 28.9 Å². The van der Waals surface area contributed by atoms with Gasteiger partial charge in [-0.15, -0.1) is 0 Å². The lowest BCUT2D eigenvalue weighted by molar-refractivity contribution is -0.133. The predicted octanol–water partition coefficient (Wildman–Crippen LogP) is 1.75. The summed E-state index contributed by atoms with van der Waals surface area (Å²) in [5.74, 6) is 2.42. The van der Waals surface area contributed by atoms with E-state index in [1.54, 1.807) is 4.52 Å². The van der Waals surface area contributed by atoms with Gasteiger partial charge in [0.2, 0.25) is 12.7 Å². The fraction of sp³-hybridized carbons (Fsp3) is 0.455. The van der Waals surface area contributed by atoms with E-state index in [-0.39, 0.29) is 5.91 Å². The molecule has 4 heterocycles. The molecule has 0 radical (unpaired) electrons. The van der Waals surface area contributed by atoms with Gasteiger partial charge in [-0.2, -0.15) is 10.1 Å². The average molecular weight is 422 g/mol. The summed E-state index contributed by atoms with van der Waals surface area (Å²) in [6.45, 7) is 8.35. The van der Waals surface area contributed by atoms with Crippen molar-refractivity contribution in [2.45, 2.75) is 33.2 Å². The second-order valence-electron chi connectivity index (χ2n) is 8.08. The van der Waals surface area contributed by atoms with Gasteiger partial charge in [0, 0.05) is 50.5 Å². The van der Waals surface area contributed by atoms with E-state index < -0.39 is 0 Å². The Labute approximate surface area is 180 Å². The van der Waals surface area contributed by atoms with Gasteiger partial charge in [-0.3, -0.25) is 9.69 Å². The van der Waals surface area contributed by atoms with E-state index in [9.17, 15) is 4.79 Å². The first-order chi connectivity index (χ1) is 15.1. The summed E-state index contributed by atoms with van der Waals surface area (Å²) < 4.78 is 12.6. The van der Waals surface area contributed by atoms with Crippen molar-refractivity contribution in [1.29, 1.82) is 0 Å². The van der Waals surface area contributed by atoms with Crippen molar-refractivity contribution in [3.8, 4) is 11.5 Å². The maximum atomic E-state index is 12.8. The summed E-state index contributed by atoms with van der Waals surface area (Å²) in [4.78, 5) is 25.8. The number of amides is 1. The largest absolute Gasteiger partial charge is 0.454 e. The third-order valence-corrected chi connectivity index (χ3v) is 6.15. The fourth-order valence-electron chi connectivity index (χ4n) is 4.36. The first kappa shape index (κ1) is 19.7. The van der Waals surface area contributed by atoms with Gasteiger partial charge in [0.25, 0.3) is 5.78 Å². The van der Waals surface area contributed by atoms with Crippen molar-refractivity contribution >= 4 is 11.7 Å². The van der Waals surface area contributed by atoms with Gasteiger partial charge < -0.3 is 14.4 Å². The van der Waals surface area contributed by atoms with Gasteiger partial charge >= 0.3 is 0 Å². The number of ether oxygens (including phenoxy) is 2. The number of hydrogen-bond acceptors (Lipinski definition) is 7. The number of aryl methyl sites for hydroxylation is 2. The molecule has 1 fully saturated rings. The average Bonchev–Trinajstić information content (AvgIpc) is 3.43. The highest BCUT2D eigenvalue weighted by atomic mass is 16.7. The molecule has 1 aromatic carbocycles. The Hall–Kier alpha value is -3.20. The molecule has 0 atom stereocenters. The van der Waals surface area contributed by atoms with E-state index in [4.69, 9.17) is 9.47 Å². The normalized spacial score (nSPS) is 16.3. The Kier molecular flexibility index (Phi) is 5.19. The summed E-state index contributed by atoms with van der Waals surface area (Å²) >= 11 is 0. The molecule has 0 bridgehead atoms. The Bertz CT molecular complexity index is 1120. The number of carbonyl (C=O) groups excluding carboxylic acids is 1. The molecule has 0 spiro atoms. The van der Waals surface area contributed by atoms with Gasteiger partial charge in [-0.25, -0.2) is 9.50 Å².